The first-order valence-electron chi connectivity index (χ1n) is 6.68. The molecular weight excluding hydrogens is 254 g/mol. The van der Waals surface area contributed by atoms with Gasteiger partial charge in [0.25, 0.3) is 0 Å². The van der Waals surface area contributed by atoms with Crippen LogP contribution in [0.5, 0.6) is 0 Å². The Balaban J connectivity index is 1.95. The van der Waals surface area contributed by atoms with Crippen LogP contribution >= 0.6 is 0 Å². The van der Waals surface area contributed by atoms with E-state index in [-0.39, 0.29) is 11.8 Å². The van der Waals surface area contributed by atoms with E-state index < -0.39 is 0 Å². The molecule has 6 nitrogen and oxygen atoms in total. The highest BCUT2D eigenvalue weighted by Gasteiger charge is 2.10. The summed E-state index contributed by atoms with van der Waals surface area (Å²) in [5, 5.41) is 6.92. The maximum atomic E-state index is 11.9. The highest BCUT2D eigenvalue weighted by molar-refractivity contribution is 5.90. The van der Waals surface area contributed by atoms with E-state index in [2.05, 4.69) is 15.4 Å². The summed E-state index contributed by atoms with van der Waals surface area (Å²) in [6, 6.07) is 7.45. The zero-order chi connectivity index (χ0) is 14.4. The van der Waals surface area contributed by atoms with Gasteiger partial charge in [0, 0.05) is 12.1 Å². The largest absolute Gasteiger partial charge is 0.330 e. The van der Waals surface area contributed by atoms with Crippen molar-refractivity contribution in [3.05, 3.63) is 36.9 Å². The number of nitrogens with zero attached hydrogens (tertiary/aromatic N) is 3. The number of carbonyl (C=O) groups is 1. The molecule has 1 atom stereocenters. The van der Waals surface area contributed by atoms with Crippen LogP contribution < -0.4 is 11.1 Å². The highest BCUT2D eigenvalue weighted by Crippen LogP contribution is 2.14. The van der Waals surface area contributed by atoms with Crippen molar-refractivity contribution >= 4 is 11.6 Å². The maximum Gasteiger partial charge on any atom is 0.224 e. The molecule has 3 N–H and O–H groups in total. The van der Waals surface area contributed by atoms with E-state index in [1.54, 1.807) is 11.0 Å². The van der Waals surface area contributed by atoms with Crippen molar-refractivity contribution in [3.63, 3.8) is 0 Å². The van der Waals surface area contributed by atoms with Crippen LogP contribution in [-0.4, -0.2) is 27.2 Å². The van der Waals surface area contributed by atoms with Crippen LogP contribution in [0.25, 0.3) is 5.69 Å². The van der Waals surface area contributed by atoms with Gasteiger partial charge in [-0.2, -0.15) is 5.10 Å². The van der Waals surface area contributed by atoms with Gasteiger partial charge in [0.05, 0.1) is 5.69 Å². The number of rotatable bonds is 6. The molecule has 0 spiro atoms. The number of aromatic nitrogens is 3. The number of nitrogens with two attached hydrogens (primary N) is 1. The van der Waals surface area contributed by atoms with Gasteiger partial charge in [0.2, 0.25) is 5.91 Å². The molecule has 106 valence electrons. The smallest absolute Gasteiger partial charge is 0.224 e. The summed E-state index contributed by atoms with van der Waals surface area (Å²) in [6.07, 6.45) is 4.47. The minimum atomic E-state index is -0.00388. The van der Waals surface area contributed by atoms with Crippen LogP contribution in [-0.2, 0) is 4.79 Å². The Morgan fingerprint density at radius 2 is 2.15 bits per heavy atom. The molecule has 0 bridgehead atoms. The molecule has 2 aromatic rings. The topological polar surface area (TPSA) is 85.8 Å². The number of anilines is 1. The molecule has 20 heavy (non-hydrogen) atoms. The normalized spacial score (nSPS) is 12.1. The summed E-state index contributed by atoms with van der Waals surface area (Å²) < 4.78 is 1.66. The lowest BCUT2D eigenvalue weighted by atomic mass is 10.0. The molecule has 0 aliphatic heterocycles. The van der Waals surface area contributed by atoms with Gasteiger partial charge in [-0.05, 0) is 36.7 Å². The van der Waals surface area contributed by atoms with Crippen molar-refractivity contribution in [1.29, 1.82) is 0 Å². The van der Waals surface area contributed by atoms with Gasteiger partial charge in [-0.1, -0.05) is 13.3 Å². The van der Waals surface area contributed by atoms with Crippen LogP contribution in [0.2, 0.25) is 0 Å². The number of amides is 1. The van der Waals surface area contributed by atoms with Gasteiger partial charge >= 0.3 is 0 Å². The third-order valence-electron chi connectivity index (χ3n) is 3.22. The summed E-state index contributed by atoms with van der Waals surface area (Å²) in [7, 11) is 0. The second kappa shape index (κ2) is 6.81. The first-order valence-corrected chi connectivity index (χ1v) is 6.68. The fourth-order valence-electron chi connectivity index (χ4n) is 1.91. The standard InChI is InChI=1S/C14H19N5O/c1-2-11(8-15)7-14(20)18-12-3-5-13(6-4-12)19-10-16-9-17-19/h3-6,9-11H,2,7-8,15H2,1H3,(H,18,20). The molecule has 0 fully saturated rings. The SMILES string of the molecule is CCC(CN)CC(=O)Nc1ccc(-n2cncn2)cc1. The van der Waals surface area contributed by atoms with Crippen LogP contribution in [0.15, 0.2) is 36.9 Å². The van der Waals surface area contributed by atoms with Crippen molar-refractivity contribution in [2.45, 2.75) is 19.8 Å². The summed E-state index contributed by atoms with van der Waals surface area (Å²) >= 11 is 0. The van der Waals surface area contributed by atoms with E-state index >= 15 is 0 Å². The molecule has 1 aromatic carbocycles. The number of hydrogen-bond acceptors (Lipinski definition) is 4. The molecule has 1 aromatic heterocycles. The van der Waals surface area contributed by atoms with E-state index in [4.69, 9.17) is 5.73 Å². The Kier molecular flexibility index (Phi) is 4.84. The van der Waals surface area contributed by atoms with Gasteiger partial charge in [-0.15, -0.1) is 0 Å². The lowest BCUT2D eigenvalue weighted by Gasteiger charge is -2.12. The van der Waals surface area contributed by atoms with Crippen LogP contribution in [0.3, 0.4) is 0 Å². The monoisotopic (exact) mass is 273 g/mol. The van der Waals surface area contributed by atoms with Gasteiger partial charge in [-0.3, -0.25) is 4.79 Å². The molecule has 0 radical (unpaired) electrons. The predicted molar refractivity (Wildman–Crippen MR) is 77.4 cm³/mol. The summed E-state index contributed by atoms with van der Waals surface area (Å²) in [4.78, 5) is 15.8. The molecule has 0 saturated carbocycles. The molecule has 2 rings (SSSR count). The molecule has 1 heterocycles. The van der Waals surface area contributed by atoms with E-state index in [9.17, 15) is 4.79 Å². The average molecular weight is 273 g/mol. The summed E-state index contributed by atoms with van der Waals surface area (Å²) in [5.74, 6) is 0.236. The fraction of sp³-hybridized carbons (Fsp3) is 0.357. The number of benzene rings is 1. The second-order valence-corrected chi connectivity index (χ2v) is 4.65. The van der Waals surface area contributed by atoms with Crippen LogP contribution in [0.4, 0.5) is 5.69 Å². The first-order chi connectivity index (χ1) is 9.72. The average Bonchev–Trinajstić information content (AvgIpc) is 2.99. The highest BCUT2D eigenvalue weighted by atomic mass is 16.1. The van der Waals surface area contributed by atoms with Gasteiger partial charge in [0.15, 0.2) is 0 Å². The molecule has 0 saturated heterocycles. The number of carbonyl (C=O) groups excluding carboxylic acids is 1. The Morgan fingerprint density at radius 1 is 1.40 bits per heavy atom. The molecule has 1 unspecified atom stereocenters. The van der Waals surface area contributed by atoms with Crippen molar-refractivity contribution in [1.82, 2.24) is 14.8 Å². The lowest BCUT2D eigenvalue weighted by molar-refractivity contribution is -0.117. The van der Waals surface area contributed by atoms with Crippen molar-refractivity contribution in [2.75, 3.05) is 11.9 Å². The quantitative estimate of drug-likeness (QED) is 0.836. The molecule has 0 aliphatic carbocycles. The van der Waals surface area contributed by atoms with E-state index in [1.807, 2.05) is 31.2 Å². The van der Waals surface area contributed by atoms with E-state index in [0.29, 0.717) is 13.0 Å². The van der Waals surface area contributed by atoms with E-state index in [1.165, 1.54) is 6.33 Å². The lowest BCUT2D eigenvalue weighted by Crippen LogP contribution is -2.21. The second-order valence-electron chi connectivity index (χ2n) is 4.65. The Morgan fingerprint density at radius 3 is 2.70 bits per heavy atom. The first kappa shape index (κ1) is 14.2. The number of hydrogen-bond donors (Lipinski definition) is 2. The fourth-order valence-corrected chi connectivity index (χ4v) is 1.91. The van der Waals surface area contributed by atoms with Gasteiger partial charge < -0.3 is 11.1 Å². The van der Waals surface area contributed by atoms with Crippen molar-refractivity contribution in [2.24, 2.45) is 11.7 Å². The molecule has 6 heteroatoms. The molecular formula is C14H19N5O. The van der Waals surface area contributed by atoms with Gasteiger partial charge in [0.1, 0.15) is 12.7 Å². The maximum absolute atomic E-state index is 11.9. The van der Waals surface area contributed by atoms with Crippen molar-refractivity contribution < 1.29 is 4.79 Å². The molecule has 0 aliphatic rings. The van der Waals surface area contributed by atoms with Crippen LogP contribution in [0.1, 0.15) is 19.8 Å². The van der Waals surface area contributed by atoms with Crippen molar-refractivity contribution in [3.8, 4) is 5.69 Å². The van der Waals surface area contributed by atoms with Gasteiger partial charge in [-0.25, -0.2) is 9.67 Å². The third kappa shape index (κ3) is 3.64. The molecule has 1 amide bonds. The van der Waals surface area contributed by atoms with E-state index in [0.717, 1.165) is 17.8 Å². The zero-order valence-corrected chi connectivity index (χ0v) is 11.5. The summed E-state index contributed by atoms with van der Waals surface area (Å²) in [6.45, 7) is 2.58. The Bertz CT molecular complexity index is 531. The summed E-state index contributed by atoms with van der Waals surface area (Å²) in [5.41, 5.74) is 7.27. The Labute approximate surface area is 118 Å². The third-order valence-corrected chi connectivity index (χ3v) is 3.22. The number of nitrogens with one attached hydrogen (secondary N) is 1. The Hall–Kier alpha value is -2.21. The minimum absolute atomic E-state index is 0.00388. The predicted octanol–water partition coefficient (Wildman–Crippen LogP) is 1.58. The van der Waals surface area contributed by atoms with Crippen LogP contribution in [0, 0.1) is 5.92 Å². The minimum Gasteiger partial charge on any atom is -0.330 e. The zero-order valence-electron chi connectivity index (χ0n) is 11.5.